The standard InChI is InChI=1S/C17H19N3O5/c1-18-9-13(12-3-2-11(16(22)23)8-14(12)18)15(17(24)25)20-6-4-19(10-21)5-7-20/h2-3,8-10,15H,4-7H2,1H3,(H,22,23)(H,24,25). The van der Waals surface area contributed by atoms with Crippen LogP contribution >= 0.6 is 0 Å². The van der Waals surface area contributed by atoms with Gasteiger partial charge in [-0.1, -0.05) is 6.07 Å². The molecule has 1 unspecified atom stereocenters. The van der Waals surface area contributed by atoms with Crippen molar-refractivity contribution in [3.63, 3.8) is 0 Å². The number of nitrogens with zero attached hydrogens (tertiary/aromatic N) is 3. The highest BCUT2D eigenvalue weighted by Crippen LogP contribution is 2.31. The third kappa shape index (κ3) is 3.08. The Morgan fingerprint density at radius 3 is 2.40 bits per heavy atom. The SMILES string of the molecule is Cn1cc(C(C(=O)O)N2CCN(C=O)CC2)c2ccc(C(=O)O)cc21. The van der Waals surface area contributed by atoms with Gasteiger partial charge in [0.2, 0.25) is 6.41 Å². The van der Waals surface area contributed by atoms with Gasteiger partial charge in [0.15, 0.2) is 0 Å². The van der Waals surface area contributed by atoms with Crippen LogP contribution in [-0.2, 0) is 16.6 Å². The van der Waals surface area contributed by atoms with Crippen molar-refractivity contribution in [1.29, 1.82) is 0 Å². The molecule has 0 aliphatic carbocycles. The summed E-state index contributed by atoms with van der Waals surface area (Å²) >= 11 is 0. The fourth-order valence-electron chi connectivity index (χ4n) is 3.35. The first-order chi connectivity index (χ1) is 11.9. The quantitative estimate of drug-likeness (QED) is 0.776. The van der Waals surface area contributed by atoms with Crippen molar-refractivity contribution in [1.82, 2.24) is 14.4 Å². The van der Waals surface area contributed by atoms with Gasteiger partial charge in [0.25, 0.3) is 0 Å². The predicted molar refractivity (Wildman–Crippen MR) is 89.5 cm³/mol. The number of carboxylic acids is 2. The molecule has 2 N–H and O–H groups in total. The normalized spacial score (nSPS) is 16.8. The lowest BCUT2D eigenvalue weighted by atomic mass is 10.0. The van der Waals surface area contributed by atoms with Crippen LogP contribution in [0.4, 0.5) is 0 Å². The van der Waals surface area contributed by atoms with Crippen molar-refractivity contribution in [3.8, 4) is 0 Å². The first kappa shape index (κ1) is 17.0. The van der Waals surface area contributed by atoms with E-state index < -0.39 is 18.0 Å². The number of fused-ring (bicyclic) bond motifs is 1. The van der Waals surface area contributed by atoms with E-state index in [0.29, 0.717) is 37.3 Å². The lowest BCUT2D eigenvalue weighted by molar-refractivity contribution is -0.144. The van der Waals surface area contributed by atoms with Gasteiger partial charge in [0.1, 0.15) is 6.04 Å². The van der Waals surface area contributed by atoms with Crippen LogP contribution in [0, 0.1) is 0 Å². The molecule has 0 bridgehead atoms. The maximum absolute atomic E-state index is 12.0. The minimum Gasteiger partial charge on any atom is -0.480 e. The maximum Gasteiger partial charge on any atom is 0.335 e. The molecule has 132 valence electrons. The second kappa shape index (κ2) is 6.56. The van der Waals surface area contributed by atoms with Crippen molar-refractivity contribution in [2.24, 2.45) is 7.05 Å². The summed E-state index contributed by atoms with van der Waals surface area (Å²) in [6.07, 6.45) is 2.51. The van der Waals surface area contributed by atoms with E-state index in [0.717, 1.165) is 11.8 Å². The van der Waals surface area contributed by atoms with Crippen molar-refractivity contribution < 1.29 is 24.6 Å². The molecule has 1 aliphatic rings. The number of aryl methyl sites for hydroxylation is 1. The molecule has 2 aromatic rings. The molecule has 1 aromatic heterocycles. The summed E-state index contributed by atoms with van der Waals surface area (Å²) in [6.45, 7) is 1.92. The van der Waals surface area contributed by atoms with Gasteiger partial charge < -0.3 is 19.7 Å². The van der Waals surface area contributed by atoms with E-state index in [-0.39, 0.29) is 5.56 Å². The third-order valence-corrected chi connectivity index (χ3v) is 4.66. The van der Waals surface area contributed by atoms with Crippen LogP contribution in [0.25, 0.3) is 10.9 Å². The number of hydrogen-bond acceptors (Lipinski definition) is 4. The highest BCUT2D eigenvalue weighted by atomic mass is 16.4. The van der Waals surface area contributed by atoms with Crippen molar-refractivity contribution in [3.05, 3.63) is 35.5 Å². The highest BCUT2D eigenvalue weighted by Gasteiger charge is 2.32. The maximum atomic E-state index is 12.0. The Hall–Kier alpha value is -2.87. The van der Waals surface area contributed by atoms with E-state index in [1.807, 2.05) is 4.90 Å². The fraction of sp³-hybridized carbons (Fsp3) is 0.353. The monoisotopic (exact) mass is 345 g/mol. The van der Waals surface area contributed by atoms with Crippen LogP contribution in [-0.4, -0.2) is 69.1 Å². The van der Waals surface area contributed by atoms with Gasteiger partial charge >= 0.3 is 11.9 Å². The van der Waals surface area contributed by atoms with Crippen LogP contribution in [0.15, 0.2) is 24.4 Å². The summed E-state index contributed by atoms with van der Waals surface area (Å²) in [5.74, 6) is -1.99. The number of aromatic nitrogens is 1. The number of amides is 1. The Kier molecular flexibility index (Phi) is 4.45. The van der Waals surface area contributed by atoms with Crippen LogP contribution in [0.3, 0.4) is 0 Å². The molecule has 25 heavy (non-hydrogen) atoms. The van der Waals surface area contributed by atoms with Crippen molar-refractivity contribution in [2.45, 2.75) is 6.04 Å². The molecule has 1 aromatic carbocycles. The number of carbonyl (C=O) groups is 3. The Labute approximate surface area is 143 Å². The molecule has 1 amide bonds. The molecule has 1 atom stereocenters. The molecular formula is C17H19N3O5. The van der Waals surface area contributed by atoms with Crippen molar-refractivity contribution in [2.75, 3.05) is 26.2 Å². The van der Waals surface area contributed by atoms with Gasteiger partial charge in [-0.15, -0.1) is 0 Å². The summed E-state index contributed by atoms with van der Waals surface area (Å²) in [7, 11) is 1.76. The lowest BCUT2D eigenvalue weighted by Gasteiger charge is -2.36. The highest BCUT2D eigenvalue weighted by molar-refractivity contribution is 5.96. The second-order valence-electron chi connectivity index (χ2n) is 6.15. The number of aliphatic carboxylic acids is 1. The second-order valence-corrected chi connectivity index (χ2v) is 6.15. The first-order valence-electron chi connectivity index (χ1n) is 7.91. The minimum absolute atomic E-state index is 0.159. The molecule has 2 heterocycles. The topological polar surface area (TPSA) is 103 Å². The summed E-state index contributed by atoms with van der Waals surface area (Å²) in [6, 6.07) is 3.85. The number of carboxylic acid groups (broad SMARTS) is 2. The Bertz CT molecular complexity index is 836. The van der Waals surface area contributed by atoms with Gasteiger partial charge in [-0.2, -0.15) is 0 Å². The first-order valence-corrected chi connectivity index (χ1v) is 7.91. The van der Waals surface area contributed by atoms with Crippen molar-refractivity contribution >= 4 is 29.3 Å². The zero-order valence-corrected chi connectivity index (χ0v) is 13.8. The van der Waals surface area contributed by atoms with Crippen LogP contribution in [0.1, 0.15) is 22.0 Å². The van der Waals surface area contributed by atoms with Crippen LogP contribution in [0.5, 0.6) is 0 Å². The van der Waals surface area contributed by atoms with E-state index in [9.17, 15) is 19.5 Å². The molecule has 1 fully saturated rings. The lowest BCUT2D eigenvalue weighted by Crippen LogP contribution is -2.48. The van der Waals surface area contributed by atoms with Gasteiger partial charge in [0.05, 0.1) is 5.56 Å². The van der Waals surface area contributed by atoms with E-state index >= 15 is 0 Å². The van der Waals surface area contributed by atoms with Gasteiger partial charge in [-0.05, 0) is 12.1 Å². The smallest absolute Gasteiger partial charge is 0.335 e. The molecule has 8 nitrogen and oxygen atoms in total. The average molecular weight is 345 g/mol. The molecular weight excluding hydrogens is 326 g/mol. The fourth-order valence-corrected chi connectivity index (χ4v) is 3.35. The zero-order valence-electron chi connectivity index (χ0n) is 13.8. The van der Waals surface area contributed by atoms with E-state index in [1.54, 1.807) is 34.8 Å². The molecule has 8 heteroatoms. The Morgan fingerprint density at radius 2 is 1.84 bits per heavy atom. The van der Waals surface area contributed by atoms with E-state index in [1.165, 1.54) is 6.07 Å². The number of piperazine rings is 1. The largest absolute Gasteiger partial charge is 0.480 e. The molecule has 3 rings (SSSR count). The number of hydrogen-bond donors (Lipinski definition) is 2. The third-order valence-electron chi connectivity index (χ3n) is 4.66. The van der Waals surface area contributed by atoms with E-state index in [4.69, 9.17) is 5.11 Å². The number of aromatic carboxylic acids is 1. The zero-order chi connectivity index (χ0) is 18.1. The Balaban J connectivity index is 2.01. The van der Waals surface area contributed by atoms with E-state index in [2.05, 4.69) is 0 Å². The number of benzene rings is 1. The molecule has 0 radical (unpaired) electrons. The Morgan fingerprint density at radius 1 is 1.16 bits per heavy atom. The summed E-state index contributed by atoms with van der Waals surface area (Å²) in [5, 5.41) is 19.7. The summed E-state index contributed by atoms with van der Waals surface area (Å²) < 4.78 is 1.74. The molecule has 1 aliphatic heterocycles. The predicted octanol–water partition coefficient (Wildman–Crippen LogP) is 0.776. The van der Waals surface area contributed by atoms with Gasteiger partial charge in [-0.25, -0.2) is 4.79 Å². The summed E-state index contributed by atoms with van der Waals surface area (Å²) in [5.41, 5.74) is 1.46. The molecule has 0 saturated carbocycles. The van der Waals surface area contributed by atoms with Crippen LogP contribution in [0.2, 0.25) is 0 Å². The minimum atomic E-state index is -1.02. The van der Waals surface area contributed by atoms with Gasteiger partial charge in [0, 0.05) is 55.9 Å². The van der Waals surface area contributed by atoms with Crippen LogP contribution < -0.4 is 0 Å². The molecule has 0 spiro atoms. The van der Waals surface area contributed by atoms with Gasteiger partial charge in [-0.3, -0.25) is 14.5 Å². The summed E-state index contributed by atoms with van der Waals surface area (Å²) in [4.78, 5) is 37.4. The molecule has 1 saturated heterocycles. The average Bonchev–Trinajstić information content (AvgIpc) is 2.91. The number of carbonyl (C=O) groups excluding carboxylic acids is 1. The number of rotatable bonds is 5.